The number of imide groups is 1. The molecule has 0 spiro atoms. The number of rotatable bonds is 4. The van der Waals surface area contributed by atoms with Crippen molar-refractivity contribution in [2.24, 2.45) is 0 Å². The summed E-state index contributed by atoms with van der Waals surface area (Å²) in [5, 5.41) is 5.28. The Morgan fingerprint density at radius 2 is 1.58 bits per heavy atom. The van der Waals surface area contributed by atoms with E-state index in [1.54, 1.807) is 30.3 Å². The molecule has 0 saturated heterocycles. The lowest BCUT2D eigenvalue weighted by molar-refractivity contribution is 0.0967. The van der Waals surface area contributed by atoms with Crippen LogP contribution < -0.4 is 15.4 Å². The van der Waals surface area contributed by atoms with Gasteiger partial charge in [-0.25, -0.2) is 4.79 Å². The lowest BCUT2D eigenvalue weighted by Gasteiger charge is -2.15. The third-order valence-electron chi connectivity index (χ3n) is 3.82. The van der Waals surface area contributed by atoms with E-state index in [0.29, 0.717) is 15.2 Å². The van der Waals surface area contributed by atoms with Gasteiger partial charge in [-0.3, -0.25) is 10.1 Å². The van der Waals surface area contributed by atoms with Gasteiger partial charge in [-0.2, -0.15) is 0 Å². The molecule has 0 fully saturated rings. The summed E-state index contributed by atoms with van der Waals surface area (Å²) < 4.78 is 6.32. The van der Waals surface area contributed by atoms with Crippen molar-refractivity contribution < 1.29 is 14.3 Å². The standard InChI is InChI=1S/C20H10BrCl5N2O3/c21-11-7-9(22)5-6-15(11)31-18-13(24)8-14(16(25)17(18)26)27-20(30)28-19(29)10-3-1-2-4-12(10)23/h1-8H,(H2,27,28,29,30). The molecule has 0 aliphatic rings. The van der Waals surface area contributed by atoms with Crippen molar-refractivity contribution in [2.45, 2.75) is 0 Å². The van der Waals surface area contributed by atoms with Crippen LogP contribution in [0.5, 0.6) is 11.5 Å². The van der Waals surface area contributed by atoms with Crippen LogP contribution in [0, 0.1) is 0 Å². The first-order valence-corrected chi connectivity index (χ1v) is 11.0. The second-order valence-electron chi connectivity index (χ2n) is 5.93. The highest BCUT2D eigenvalue weighted by Gasteiger charge is 2.20. The molecule has 5 nitrogen and oxygen atoms in total. The predicted octanol–water partition coefficient (Wildman–Crippen LogP) is 8.47. The van der Waals surface area contributed by atoms with E-state index < -0.39 is 11.9 Å². The maximum Gasteiger partial charge on any atom is 0.326 e. The lowest BCUT2D eigenvalue weighted by Crippen LogP contribution is -2.34. The van der Waals surface area contributed by atoms with Crippen LogP contribution in [0.1, 0.15) is 10.4 Å². The van der Waals surface area contributed by atoms with Crippen LogP contribution in [0.3, 0.4) is 0 Å². The largest absolute Gasteiger partial charge is 0.453 e. The van der Waals surface area contributed by atoms with Crippen LogP contribution in [0.2, 0.25) is 25.1 Å². The van der Waals surface area contributed by atoms with Gasteiger partial charge in [0.1, 0.15) is 10.8 Å². The monoisotopic (exact) mass is 580 g/mol. The molecule has 3 amide bonds. The zero-order valence-electron chi connectivity index (χ0n) is 15.1. The molecule has 0 radical (unpaired) electrons. The van der Waals surface area contributed by atoms with Crippen LogP contribution in [-0.2, 0) is 0 Å². The van der Waals surface area contributed by atoms with Gasteiger partial charge in [-0.1, -0.05) is 70.1 Å². The number of halogens is 6. The third-order valence-corrected chi connectivity index (χ3v) is 6.13. The predicted molar refractivity (Wildman–Crippen MR) is 129 cm³/mol. The summed E-state index contributed by atoms with van der Waals surface area (Å²) in [6, 6.07) is 11.7. The quantitative estimate of drug-likeness (QED) is 0.303. The average Bonchev–Trinajstić information content (AvgIpc) is 2.70. The van der Waals surface area contributed by atoms with Gasteiger partial charge < -0.3 is 10.1 Å². The SMILES string of the molecule is O=C(NC(=O)c1ccccc1Cl)Nc1cc(Cl)c(Oc2ccc(Cl)cc2Br)c(Cl)c1Cl. The molecule has 0 saturated carbocycles. The Bertz CT molecular complexity index is 1190. The van der Waals surface area contributed by atoms with Crippen molar-refractivity contribution in [3.05, 3.63) is 83.7 Å². The number of carbonyl (C=O) groups excluding carboxylic acids is 2. The molecule has 0 aliphatic heterocycles. The minimum Gasteiger partial charge on any atom is -0.453 e. The van der Waals surface area contributed by atoms with E-state index in [1.807, 2.05) is 0 Å². The normalized spacial score (nSPS) is 10.5. The van der Waals surface area contributed by atoms with Gasteiger partial charge in [-0.05, 0) is 52.3 Å². The molecule has 160 valence electrons. The van der Waals surface area contributed by atoms with Crippen LogP contribution >= 0.6 is 73.9 Å². The Kier molecular flexibility index (Phi) is 7.97. The summed E-state index contributed by atoms with van der Waals surface area (Å²) in [6.45, 7) is 0. The number of nitrogens with one attached hydrogen (secondary N) is 2. The van der Waals surface area contributed by atoms with E-state index in [9.17, 15) is 9.59 Å². The van der Waals surface area contributed by atoms with E-state index >= 15 is 0 Å². The summed E-state index contributed by atoms with van der Waals surface area (Å²) in [5.74, 6) is -0.216. The Balaban J connectivity index is 1.79. The summed E-state index contributed by atoms with van der Waals surface area (Å²) in [7, 11) is 0. The molecule has 0 atom stereocenters. The van der Waals surface area contributed by atoms with Crippen molar-refractivity contribution in [3.63, 3.8) is 0 Å². The number of benzene rings is 3. The molecule has 0 heterocycles. The van der Waals surface area contributed by atoms with Gasteiger partial charge >= 0.3 is 6.03 Å². The topological polar surface area (TPSA) is 67.4 Å². The van der Waals surface area contributed by atoms with E-state index in [1.165, 1.54) is 18.2 Å². The first-order chi connectivity index (χ1) is 14.7. The number of amides is 3. The van der Waals surface area contributed by atoms with Gasteiger partial charge in [0.05, 0.1) is 30.8 Å². The highest BCUT2D eigenvalue weighted by molar-refractivity contribution is 9.10. The van der Waals surface area contributed by atoms with Crippen molar-refractivity contribution in [1.82, 2.24) is 5.32 Å². The molecule has 3 rings (SSSR count). The Labute approximate surface area is 210 Å². The number of hydrogen-bond acceptors (Lipinski definition) is 3. The van der Waals surface area contributed by atoms with Gasteiger partial charge in [0.2, 0.25) is 0 Å². The molecule has 0 bridgehead atoms. The Morgan fingerprint density at radius 1 is 0.871 bits per heavy atom. The lowest BCUT2D eigenvalue weighted by atomic mass is 10.2. The van der Waals surface area contributed by atoms with Crippen LogP contribution in [0.25, 0.3) is 0 Å². The third kappa shape index (κ3) is 5.77. The van der Waals surface area contributed by atoms with Gasteiger partial charge in [0, 0.05) is 5.02 Å². The van der Waals surface area contributed by atoms with E-state index in [2.05, 4.69) is 26.6 Å². The number of hydrogen-bond donors (Lipinski definition) is 2. The van der Waals surface area contributed by atoms with Gasteiger partial charge in [0.25, 0.3) is 5.91 Å². The molecule has 0 unspecified atom stereocenters. The second-order valence-corrected chi connectivity index (χ2v) is 8.79. The molecule has 0 aliphatic carbocycles. The fraction of sp³-hybridized carbons (Fsp3) is 0. The maximum absolute atomic E-state index is 12.3. The summed E-state index contributed by atoms with van der Waals surface area (Å²) in [6.07, 6.45) is 0. The molecular weight excluding hydrogens is 573 g/mol. The van der Waals surface area contributed by atoms with Gasteiger partial charge in [0.15, 0.2) is 5.75 Å². The number of urea groups is 1. The zero-order valence-corrected chi connectivity index (χ0v) is 20.5. The number of ether oxygens (including phenoxy) is 1. The summed E-state index contributed by atoms with van der Waals surface area (Å²) in [5.41, 5.74) is 0.211. The molecular formula is C20H10BrCl5N2O3. The van der Waals surface area contributed by atoms with E-state index in [4.69, 9.17) is 62.7 Å². The minimum absolute atomic E-state index is 0.0357. The molecule has 2 N–H and O–H groups in total. The second kappa shape index (κ2) is 10.3. The Morgan fingerprint density at radius 3 is 2.26 bits per heavy atom. The van der Waals surface area contributed by atoms with Crippen LogP contribution in [0.15, 0.2) is 53.0 Å². The van der Waals surface area contributed by atoms with Crippen LogP contribution in [-0.4, -0.2) is 11.9 Å². The fourth-order valence-electron chi connectivity index (χ4n) is 2.40. The Hall–Kier alpha value is -1.67. The van der Waals surface area contributed by atoms with E-state index in [0.717, 1.165) is 0 Å². The zero-order chi connectivity index (χ0) is 22.7. The smallest absolute Gasteiger partial charge is 0.326 e. The number of carbonyl (C=O) groups is 2. The van der Waals surface area contributed by atoms with Crippen molar-refractivity contribution in [3.8, 4) is 11.5 Å². The molecule has 11 heteroatoms. The first kappa shape index (κ1) is 24.0. The molecule has 3 aromatic rings. The van der Waals surface area contributed by atoms with Gasteiger partial charge in [-0.15, -0.1) is 0 Å². The minimum atomic E-state index is -0.854. The highest BCUT2D eigenvalue weighted by atomic mass is 79.9. The fourth-order valence-corrected chi connectivity index (χ4v) is 4.11. The number of anilines is 1. The average molecular weight is 583 g/mol. The summed E-state index contributed by atoms with van der Waals surface area (Å²) in [4.78, 5) is 24.5. The van der Waals surface area contributed by atoms with Crippen LogP contribution in [0.4, 0.5) is 10.5 Å². The van der Waals surface area contributed by atoms with E-state index in [-0.39, 0.29) is 37.1 Å². The highest BCUT2D eigenvalue weighted by Crippen LogP contribution is 2.46. The van der Waals surface area contributed by atoms with Crippen molar-refractivity contribution in [2.75, 3.05) is 5.32 Å². The van der Waals surface area contributed by atoms with Crippen molar-refractivity contribution in [1.29, 1.82) is 0 Å². The maximum atomic E-state index is 12.3. The summed E-state index contributed by atoms with van der Waals surface area (Å²) >= 11 is 34.1. The molecule has 3 aromatic carbocycles. The first-order valence-electron chi connectivity index (χ1n) is 8.34. The molecule has 0 aromatic heterocycles. The molecule has 31 heavy (non-hydrogen) atoms. The van der Waals surface area contributed by atoms with Crippen molar-refractivity contribution >= 4 is 91.6 Å².